The van der Waals surface area contributed by atoms with Crippen LogP contribution < -0.4 is 10.1 Å². The average molecular weight is 317 g/mol. The maximum absolute atomic E-state index is 12.3. The Morgan fingerprint density at radius 1 is 1.39 bits per heavy atom. The minimum Gasteiger partial charge on any atom is -0.494 e. The first-order valence-corrected chi connectivity index (χ1v) is 7.61. The zero-order valence-corrected chi connectivity index (χ0v) is 14.0. The van der Waals surface area contributed by atoms with Crippen molar-refractivity contribution in [3.05, 3.63) is 40.7 Å². The number of amides is 1. The number of carbonyl (C=O) groups excluding carboxylic acids is 1. The van der Waals surface area contributed by atoms with Crippen molar-refractivity contribution in [2.45, 2.75) is 33.8 Å². The first kappa shape index (κ1) is 17.0. The van der Waals surface area contributed by atoms with Crippen molar-refractivity contribution in [2.24, 2.45) is 7.05 Å². The summed E-state index contributed by atoms with van der Waals surface area (Å²) in [7, 11) is 1.86. The fraction of sp³-hybridized carbons (Fsp3) is 0.412. The van der Waals surface area contributed by atoms with Crippen molar-refractivity contribution in [2.75, 3.05) is 11.9 Å². The molecule has 6 heteroatoms. The van der Waals surface area contributed by atoms with Crippen LogP contribution in [0.1, 0.15) is 29.4 Å². The van der Waals surface area contributed by atoms with Crippen LogP contribution in [-0.2, 0) is 24.9 Å². The topological polar surface area (TPSA) is 76.4 Å². The lowest BCUT2D eigenvalue weighted by atomic mass is 10.1. The van der Waals surface area contributed by atoms with E-state index in [2.05, 4.69) is 10.4 Å². The molecule has 0 bridgehead atoms. The molecule has 0 aliphatic carbocycles. The number of nitrogens with zero attached hydrogens (tertiary/aromatic N) is 2. The van der Waals surface area contributed by atoms with Crippen LogP contribution in [0.25, 0.3) is 0 Å². The second kappa shape index (κ2) is 7.28. The smallest absolute Gasteiger partial charge is 0.228 e. The lowest BCUT2D eigenvalue weighted by molar-refractivity contribution is -0.115. The normalized spacial score (nSPS) is 10.7. The highest BCUT2D eigenvalue weighted by molar-refractivity contribution is 5.92. The molecule has 2 rings (SSSR count). The van der Waals surface area contributed by atoms with Crippen LogP contribution in [0.15, 0.2) is 18.2 Å². The largest absolute Gasteiger partial charge is 0.494 e. The molecule has 0 saturated carbocycles. The molecule has 0 saturated heterocycles. The summed E-state index contributed by atoms with van der Waals surface area (Å²) in [5.74, 6) is 0.518. The van der Waals surface area contributed by atoms with Crippen LogP contribution in [0, 0.1) is 13.8 Å². The van der Waals surface area contributed by atoms with Gasteiger partial charge < -0.3 is 15.2 Å². The molecule has 0 unspecified atom stereocenters. The minimum atomic E-state index is -0.139. The van der Waals surface area contributed by atoms with Crippen LogP contribution >= 0.6 is 0 Å². The Labute approximate surface area is 136 Å². The van der Waals surface area contributed by atoms with Gasteiger partial charge in [-0.15, -0.1) is 0 Å². The van der Waals surface area contributed by atoms with Gasteiger partial charge in [-0.3, -0.25) is 9.48 Å². The van der Waals surface area contributed by atoms with Gasteiger partial charge in [0, 0.05) is 29.6 Å². The molecule has 0 spiro atoms. The molecule has 124 valence electrons. The zero-order chi connectivity index (χ0) is 17.0. The van der Waals surface area contributed by atoms with Gasteiger partial charge >= 0.3 is 0 Å². The predicted molar refractivity (Wildman–Crippen MR) is 88.5 cm³/mol. The lowest BCUT2D eigenvalue weighted by Crippen LogP contribution is -2.15. The van der Waals surface area contributed by atoms with E-state index in [0.29, 0.717) is 23.6 Å². The second-order valence-corrected chi connectivity index (χ2v) is 5.41. The third-order valence-electron chi connectivity index (χ3n) is 3.81. The van der Waals surface area contributed by atoms with Crippen molar-refractivity contribution < 1.29 is 14.6 Å². The molecule has 0 atom stereocenters. The van der Waals surface area contributed by atoms with Crippen molar-refractivity contribution in [1.29, 1.82) is 0 Å². The van der Waals surface area contributed by atoms with Gasteiger partial charge in [0.15, 0.2) is 0 Å². The fourth-order valence-electron chi connectivity index (χ4n) is 2.52. The van der Waals surface area contributed by atoms with E-state index in [-0.39, 0.29) is 18.9 Å². The van der Waals surface area contributed by atoms with Crippen LogP contribution in [0.4, 0.5) is 5.69 Å². The third kappa shape index (κ3) is 3.90. The maximum atomic E-state index is 12.3. The van der Waals surface area contributed by atoms with Gasteiger partial charge in [-0.2, -0.15) is 5.10 Å². The van der Waals surface area contributed by atoms with E-state index in [4.69, 9.17) is 4.74 Å². The highest BCUT2D eigenvalue weighted by Crippen LogP contribution is 2.23. The van der Waals surface area contributed by atoms with E-state index in [1.54, 1.807) is 22.9 Å². The summed E-state index contributed by atoms with van der Waals surface area (Å²) in [6.07, 6.45) is 0.271. The molecule has 23 heavy (non-hydrogen) atoms. The quantitative estimate of drug-likeness (QED) is 0.855. The van der Waals surface area contributed by atoms with Crippen molar-refractivity contribution >= 4 is 11.6 Å². The maximum Gasteiger partial charge on any atom is 0.228 e. The highest BCUT2D eigenvalue weighted by Gasteiger charge is 2.14. The van der Waals surface area contributed by atoms with Gasteiger partial charge in [-0.25, -0.2) is 0 Å². The molecule has 1 amide bonds. The molecule has 2 aromatic rings. The van der Waals surface area contributed by atoms with Gasteiger partial charge in [0.05, 0.1) is 25.3 Å². The summed E-state index contributed by atoms with van der Waals surface area (Å²) in [6.45, 7) is 6.12. The van der Waals surface area contributed by atoms with E-state index in [9.17, 15) is 9.90 Å². The molecular formula is C17H23N3O3. The number of hydrogen-bond acceptors (Lipinski definition) is 4. The number of nitrogens with one attached hydrogen (secondary N) is 1. The molecule has 0 fully saturated rings. The molecular weight excluding hydrogens is 294 g/mol. The summed E-state index contributed by atoms with van der Waals surface area (Å²) in [5, 5.41) is 16.6. The molecule has 0 aliphatic heterocycles. The summed E-state index contributed by atoms with van der Waals surface area (Å²) in [5.41, 5.74) is 4.08. The average Bonchev–Trinajstić information content (AvgIpc) is 2.75. The van der Waals surface area contributed by atoms with Crippen LogP contribution in [-0.4, -0.2) is 27.4 Å². The number of ether oxygens (including phenoxy) is 1. The molecule has 2 N–H and O–H groups in total. The summed E-state index contributed by atoms with van der Waals surface area (Å²) >= 11 is 0. The highest BCUT2D eigenvalue weighted by atomic mass is 16.5. The Morgan fingerprint density at radius 2 is 2.13 bits per heavy atom. The monoisotopic (exact) mass is 317 g/mol. The first-order valence-electron chi connectivity index (χ1n) is 7.61. The summed E-state index contributed by atoms with van der Waals surface area (Å²) < 4.78 is 7.21. The number of aliphatic hydroxyl groups is 1. The van der Waals surface area contributed by atoms with Crippen molar-refractivity contribution in [3.63, 3.8) is 0 Å². The molecule has 6 nitrogen and oxygen atoms in total. The molecule has 0 radical (unpaired) electrons. The molecule has 1 aromatic heterocycles. The van der Waals surface area contributed by atoms with Gasteiger partial charge in [0.1, 0.15) is 5.75 Å². The Bertz CT molecular complexity index is 707. The van der Waals surface area contributed by atoms with Gasteiger partial charge in [-0.05, 0) is 39.0 Å². The Kier molecular flexibility index (Phi) is 5.39. The number of aromatic nitrogens is 2. The van der Waals surface area contributed by atoms with Gasteiger partial charge in [-0.1, -0.05) is 0 Å². The van der Waals surface area contributed by atoms with E-state index in [1.807, 2.05) is 27.8 Å². The Hall–Kier alpha value is -2.34. The summed E-state index contributed by atoms with van der Waals surface area (Å²) in [6, 6.07) is 5.25. The zero-order valence-electron chi connectivity index (χ0n) is 14.0. The van der Waals surface area contributed by atoms with Gasteiger partial charge in [0.2, 0.25) is 5.91 Å². The molecule has 1 aromatic carbocycles. The minimum absolute atomic E-state index is 0.114. The van der Waals surface area contributed by atoms with Crippen LogP contribution in [0.2, 0.25) is 0 Å². The standard InChI is InChI=1S/C17H23N3O3/c1-5-23-16-7-6-14(8-13(16)10-21)18-17(22)9-15-11(2)19-20(4)12(15)3/h6-8,21H,5,9-10H2,1-4H3,(H,18,22). The molecule has 1 heterocycles. The van der Waals surface area contributed by atoms with Gasteiger partial charge in [0.25, 0.3) is 0 Å². The van der Waals surface area contributed by atoms with Crippen molar-refractivity contribution in [1.82, 2.24) is 9.78 Å². The third-order valence-corrected chi connectivity index (χ3v) is 3.81. The van der Waals surface area contributed by atoms with Crippen molar-refractivity contribution in [3.8, 4) is 5.75 Å². The van der Waals surface area contributed by atoms with Crippen LogP contribution in [0.5, 0.6) is 5.75 Å². The number of aryl methyl sites for hydroxylation is 2. The Morgan fingerprint density at radius 3 is 2.70 bits per heavy atom. The van der Waals surface area contributed by atoms with Crippen LogP contribution in [0.3, 0.4) is 0 Å². The van der Waals surface area contributed by atoms with E-state index < -0.39 is 0 Å². The number of anilines is 1. The van der Waals surface area contributed by atoms with E-state index in [1.165, 1.54) is 0 Å². The number of rotatable bonds is 6. The number of hydrogen-bond donors (Lipinski definition) is 2. The SMILES string of the molecule is CCOc1ccc(NC(=O)Cc2c(C)nn(C)c2C)cc1CO. The molecule has 0 aliphatic rings. The second-order valence-electron chi connectivity index (χ2n) is 5.41. The Balaban J connectivity index is 2.11. The summed E-state index contributed by atoms with van der Waals surface area (Å²) in [4.78, 5) is 12.3. The number of benzene rings is 1. The first-order chi connectivity index (χ1) is 11.0. The number of carbonyl (C=O) groups is 1. The fourth-order valence-corrected chi connectivity index (χ4v) is 2.52. The van der Waals surface area contributed by atoms with E-state index in [0.717, 1.165) is 17.0 Å². The number of aliphatic hydroxyl groups excluding tert-OH is 1. The lowest BCUT2D eigenvalue weighted by Gasteiger charge is -2.11. The van der Waals surface area contributed by atoms with E-state index >= 15 is 0 Å². The predicted octanol–water partition coefficient (Wildman–Crippen LogP) is 2.11.